The first-order chi connectivity index (χ1) is 7.65. The van der Waals surface area contributed by atoms with E-state index in [0.29, 0.717) is 0 Å². The predicted molar refractivity (Wildman–Crippen MR) is 70.1 cm³/mol. The Morgan fingerprint density at radius 1 is 1.19 bits per heavy atom. The Hall–Kier alpha value is -1.35. The van der Waals surface area contributed by atoms with Crippen LogP contribution < -0.4 is 5.32 Å². The number of nitrogens with one attached hydrogen (secondary N) is 1. The van der Waals surface area contributed by atoms with Crippen molar-refractivity contribution in [3.8, 4) is 0 Å². The number of aryl methyl sites for hydroxylation is 2. The molecule has 0 spiro atoms. The fraction of sp³-hybridized carbons (Fsp3) is 0.308. The third kappa shape index (κ3) is 2.61. The van der Waals surface area contributed by atoms with Gasteiger partial charge in [0.05, 0.1) is 16.7 Å². The first-order valence-electron chi connectivity index (χ1n) is 5.40. The quantitative estimate of drug-likeness (QED) is 0.867. The van der Waals surface area contributed by atoms with Gasteiger partial charge in [0, 0.05) is 11.1 Å². The summed E-state index contributed by atoms with van der Waals surface area (Å²) in [5.41, 5.74) is 3.54. The SMILES string of the molecule is Cc1ccc(NC(C)c2csc(C)n2)cc1. The van der Waals surface area contributed by atoms with Crippen molar-refractivity contribution in [2.45, 2.75) is 26.8 Å². The molecule has 0 radical (unpaired) electrons. The molecule has 16 heavy (non-hydrogen) atoms. The summed E-state index contributed by atoms with van der Waals surface area (Å²) in [6.07, 6.45) is 0. The minimum absolute atomic E-state index is 0.257. The van der Waals surface area contributed by atoms with E-state index in [0.717, 1.165) is 16.4 Å². The van der Waals surface area contributed by atoms with Gasteiger partial charge < -0.3 is 5.32 Å². The Morgan fingerprint density at radius 3 is 2.44 bits per heavy atom. The molecule has 0 aliphatic carbocycles. The molecule has 1 heterocycles. The molecule has 1 unspecified atom stereocenters. The lowest BCUT2D eigenvalue weighted by molar-refractivity contribution is 0.845. The van der Waals surface area contributed by atoms with Gasteiger partial charge in [-0.05, 0) is 32.9 Å². The standard InChI is InChI=1S/C13H16N2S/c1-9-4-6-12(7-5-9)14-10(2)13-8-16-11(3)15-13/h4-8,10,14H,1-3H3. The first-order valence-corrected chi connectivity index (χ1v) is 6.28. The maximum Gasteiger partial charge on any atom is 0.0898 e. The second-order valence-corrected chi connectivity index (χ2v) is 5.09. The summed E-state index contributed by atoms with van der Waals surface area (Å²) in [5, 5.41) is 6.67. The zero-order valence-electron chi connectivity index (χ0n) is 9.82. The average Bonchev–Trinajstić information content (AvgIpc) is 2.68. The molecule has 0 saturated heterocycles. The molecule has 0 amide bonds. The molecule has 0 bridgehead atoms. The summed E-state index contributed by atoms with van der Waals surface area (Å²) >= 11 is 1.69. The molecule has 2 aromatic rings. The molecule has 1 aromatic carbocycles. The number of thiazole rings is 1. The predicted octanol–water partition coefficient (Wildman–Crippen LogP) is 3.93. The summed E-state index contributed by atoms with van der Waals surface area (Å²) in [7, 11) is 0. The van der Waals surface area contributed by atoms with Gasteiger partial charge in [0.2, 0.25) is 0 Å². The molecule has 2 nitrogen and oxygen atoms in total. The molecular weight excluding hydrogens is 216 g/mol. The van der Waals surface area contributed by atoms with E-state index < -0.39 is 0 Å². The van der Waals surface area contributed by atoms with Gasteiger partial charge in [-0.15, -0.1) is 11.3 Å². The smallest absolute Gasteiger partial charge is 0.0898 e. The molecule has 1 aromatic heterocycles. The Labute approximate surface area is 100 Å². The van der Waals surface area contributed by atoms with Crippen molar-refractivity contribution in [1.82, 2.24) is 4.98 Å². The van der Waals surface area contributed by atoms with E-state index in [1.807, 2.05) is 6.92 Å². The van der Waals surface area contributed by atoms with Crippen LogP contribution in [-0.2, 0) is 0 Å². The van der Waals surface area contributed by atoms with E-state index in [4.69, 9.17) is 0 Å². The number of hydrogen-bond acceptors (Lipinski definition) is 3. The molecule has 0 saturated carbocycles. The van der Waals surface area contributed by atoms with Crippen molar-refractivity contribution < 1.29 is 0 Å². The lowest BCUT2D eigenvalue weighted by Gasteiger charge is -2.13. The van der Waals surface area contributed by atoms with Crippen molar-refractivity contribution in [3.63, 3.8) is 0 Å². The highest BCUT2D eigenvalue weighted by atomic mass is 32.1. The molecule has 0 fully saturated rings. The minimum atomic E-state index is 0.257. The van der Waals surface area contributed by atoms with Gasteiger partial charge in [0.25, 0.3) is 0 Å². The highest BCUT2D eigenvalue weighted by Gasteiger charge is 2.08. The Bertz CT molecular complexity index is 459. The number of benzene rings is 1. The third-order valence-corrected chi connectivity index (χ3v) is 3.31. The van der Waals surface area contributed by atoms with Crippen molar-refractivity contribution in [1.29, 1.82) is 0 Å². The summed E-state index contributed by atoms with van der Waals surface area (Å²) in [4.78, 5) is 4.48. The van der Waals surface area contributed by atoms with Crippen LogP contribution in [0.1, 0.15) is 29.2 Å². The zero-order chi connectivity index (χ0) is 11.5. The van der Waals surface area contributed by atoms with Gasteiger partial charge >= 0.3 is 0 Å². The van der Waals surface area contributed by atoms with Crippen molar-refractivity contribution in [3.05, 3.63) is 45.9 Å². The van der Waals surface area contributed by atoms with E-state index in [1.54, 1.807) is 11.3 Å². The Kier molecular flexibility index (Phi) is 3.25. The van der Waals surface area contributed by atoms with Crippen LogP contribution in [0.3, 0.4) is 0 Å². The van der Waals surface area contributed by atoms with E-state index in [-0.39, 0.29) is 6.04 Å². The molecule has 1 N–H and O–H groups in total. The van der Waals surface area contributed by atoms with E-state index in [1.165, 1.54) is 5.56 Å². The van der Waals surface area contributed by atoms with Crippen molar-refractivity contribution >= 4 is 17.0 Å². The lowest BCUT2D eigenvalue weighted by Crippen LogP contribution is -2.06. The van der Waals surface area contributed by atoms with Gasteiger partial charge in [-0.25, -0.2) is 4.98 Å². The van der Waals surface area contributed by atoms with Crippen LogP contribution in [0.25, 0.3) is 0 Å². The number of rotatable bonds is 3. The number of anilines is 1. The number of hydrogen-bond donors (Lipinski definition) is 1. The Balaban J connectivity index is 2.07. The van der Waals surface area contributed by atoms with Gasteiger partial charge in [0.1, 0.15) is 0 Å². The van der Waals surface area contributed by atoms with Gasteiger partial charge in [-0.1, -0.05) is 17.7 Å². The topological polar surface area (TPSA) is 24.9 Å². The van der Waals surface area contributed by atoms with Crippen LogP contribution in [0.4, 0.5) is 5.69 Å². The summed E-state index contributed by atoms with van der Waals surface area (Å²) in [6.45, 7) is 6.26. The summed E-state index contributed by atoms with van der Waals surface area (Å²) < 4.78 is 0. The Morgan fingerprint density at radius 2 is 1.88 bits per heavy atom. The zero-order valence-corrected chi connectivity index (χ0v) is 10.6. The lowest BCUT2D eigenvalue weighted by atomic mass is 10.2. The maximum absolute atomic E-state index is 4.48. The second-order valence-electron chi connectivity index (χ2n) is 4.02. The average molecular weight is 232 g/mol. The fourth-order valence-corrected chi connectivity index (χ4v) is 2.26. The highest BCUT2D eigenvalue weighted by Crippen LogP contribution is 2.20. The van der Waals surface area contributed by atoms with E-state index >= 15 is 0 Å². The van der Waals surface area contributed by atoms with Crippen LogP contribution >= 0.6 is 11.3 Å². The summed E-state index contributed by atoms with van der Waals surface area (Å²) in [5.74, 6) is 0. The van der Waals surface area contributed by atoms with Crippen molar-refractivity contribution in [2.24, 2.45) is 0 Å². The van der Waals surface area contributed by atoms with Crippen LogP contribution in [0.2, 0.25) is 0 Å². The van der Waals surface area contributed by atoms with Crippen molar-refractivity contribution in [2.75, 3.05) is 5.32 Å². The van der Waals surface area contributed by atoms with Crippen LogP contribution in [-0.4, -0.2) is 4.98 Å². The second kappa shape index (κ2) is 4.66. The molecule has 1 atom stereocenters. The summed E-state index contributed by atoms with van der Waals surface area (Å²) in [6, 6.07) is 8.69. The minimum Gasteiger partial charge on any atom is -0.377 e. The molecule has 0 aliphatic heterocycles. The number of nitrogens with zero attached hydrogens (tertiary/aromatic N) is 1. The maximum atomic E-state index is 4.48. The molecule has 84 valence electrons. The molecular formula is C13H16N2S. The number of aromatic nitrogens is 1. The van der Waals surface area contributed by atoms with Crippen LogP contribution in [0.15, 0.2) is 29.6 Å². The highest BCUT2D eigenvalue weighted by molar-refractivity contribution is 7.09. The van der Waals surface area contributed by atoms with Crippen LogP contribution in [0, 0.1) is 13.8 Å². The largest absolute Gasteiger partial charge is 0.377 e. The monoisotopic (exact) mass is 232 g/mol. The van der Waals surface area contributed by atoms with E-state index in [2.05, 4.69) is 53.8 Å². The third-order valence-electron chi connectivity index (χ3n) is 2.52. The van der Waals surface area contributed by atoms with Gasteiger partial charge in [-0.3, -0.25) is 0 Å². The van der Waals surface area contributed by atoms with Gasteiger partial charge in [0.15, 0.2) is 0 Å². The van der Waals surface area contributed by atoms with E-state index in [9.17, 15) is 0 Å². The van der Waals surface area contributed by atoms with Gasteiger partial charge in [-0.2, -0.15) is 0 Å². The van der Waals surface area contributed by atoms with Crippen LogP contribution in [0.5, 0.6) is 0 Å². The fourth-order valence-electron chi connectivity index (χ4n) is 1.55. The molecule has 3 heteroatoms. The normalized spacial score (nSPS) is 12.4. The molecule has 2 rings (SSSR count). The first kappa shape index (κ1) is 11.1. The molecule has 0 aliphatic rings.